The molecule has 3 fully saturated rings. The molecule has 4 rings (SSSR count). The van der Waals surface area contributed by atoms with E-state index in [-0.39, 0.29) is 5.56 Å². The van der Waals surface area contributed by atoms with Crippen LogP contribution < -0.4 is 5.32 Å². The first-order valence-corrected chi connectivity index (χ1v) is 7.19. The molecule has 1 N–H and O–H groups in total. The van der Waals surface area contributed by atoms with Gasteiger partial charge in [-0.3, -0.25) is 0 Å². The number of rotatable bonds is 3. The zero-order valence-corrected chi connectivity index (χ0v) is 11.8. The Kier molecular flexibility index (Phi) is 3.50. The van der Waals surface area contributed by atoms with Gasteiger partial charge in [0.1, 0.15) is 0 Å². The molecule has 1 aromatic rings. The molecule has 108 valence electrons. The molecule has 1 unspecified atom stereocenters. The monoisotopic (exact) mass is 278 g/mol. The molecular weight excluding hydrogens is 258 g/mol. The number of piperidine rings is 3. The van der Waals surface area contributed by atoms with E-state index < -0.39 is 11.6 Å². The molecule has 3 heterocycles. The van der Waals surface area contributed by atoms with Gasteiger partial charge in [-0.25, -0.2) is 8.78 Å². The van der Waals surface area contributed by atoms with Gasteiger partial charge in [0.15, 0.2) is 11.6 Å². The van der Waals surface area contributed by atoms with E-state index in [4.69, 9.17) is 0 Å². The summed E-state index contributed by atoms with van der Waals surface area (Å²) in [5, 5.41) is 3.31. The van der Waals surface area contributed by atoms with E-state index >= 15 is 0 Å². The first kappa shape index (κ1) is 13.6. The van der Waals surface area contributed by atoms with E-state index in [1.807, 2.05) is 0 Å². The molecule has 1 aromatic carbocycles. The number of hydrogen-bond donors (Lipinski definition) is 1. The van der Waals surface area contributed by atoms with Gasteiger partial charge in [-0.1, -0.05) is 12.6 Å². The minimum absolute atomic E-state index is 0.240. The van der Waals surface area contributed by atoms with Crippen LogP contribution in [-0.4, -0.2) is 30.6 Å². The Balaban J connectivity index is 1.75. The summed E-state index contributed by atoms with van der Waals surface area (Å²) in [5.41, 5.74) is 1.05. The molecule has 4 heteroatoms. The lowest BCUT2D eigenvalue weighted by atomic mass is 9.84. The van der Waals surface area contributed by atoms with Crippen molar-refractivity contribution in [2.45, 2.75) is 25.8 Å². The molecule has 2 nitrogen and oxygen atoms in total. The number of halogens is 2. The summed E-state index contributed by atoms with van der Waals surface area (Å²) >= 11 is 0. The van der Waals surface area contributed by atoms with E-state index in [9.17, 15) is 8.78 Å². The Morgan fingerprint density at radius 1 is 1.25 bits per heavy atom. The van der Waals surface area contributed by atoms with E-state index in [2.05, 4.69) is 16.8 Å². The van der Waals surface area contributed by atoms with Crippen LogP contribution in [-0.2, 0) is 0 Å². The van der Waals surface area contributed by atoms with Crippen LogP contribution in [0.15, 0.2) is 18.7 Å². The highest BCUT2D eigenvalue weighted by atomic mass is 19.2. The molecule has 0 radical (unpaired) electrons. The highest BCUT2D eigenvalue weighted by molar-refractivity contribution is 5.63. The van der Waals surface area contributed by atoms with Crippen molar-refractivity contribution in [3.8, 4) is 0 Å². The first-order chi connectivity index (χ1) is 9.56. The lowest BCUT2D eigenvalue weighted by molar-refractivity contribution is 0.0801. The zero-order valence-electron chi connectivity index (χ0n) is 11.8. The summed E-state index contributed by atoms with van der Waals surface area (Å²) in [7, 11) is 0. The first-order valence-electron chi connectivity index (χ1n) is 7.19. The highest BCUT2D eigenvalue weighted by Gasteiger charge is 2.34. The van der Waals surface area contributed by atoms with Crippen LogP contribution in [0.1, 0.15) is 24.0 Å². The maximum atomic E-state index is 14.0. The minimum Gasteiger partial charge on any atom is -0.381 e. The maximum Gasteiger partial charge on any atom is 0.168 e. The van der Waals surface area contributed by atoms with Gasteiger partial charge in [-0.2, -0.15) is 0 Å². The smallest absolute Gasteiger partial charge is 0.168 e. The molecule has 3 aliphatic rings. The summed E-state index contributed by atoms with van der Waals surface area (Å²) < 4.78 is 27.6. The summed E-state index contributed by atoms with van der Waals surface area (Å²) in [4.78, 5) is 2.41. The van der Waals surface area contributed by atoms with E-state index in [1.54, 1.807) is 19.1 Å². The van der Waals surface area contributed by atoms with Crippen LogP contribution in [0.4, 0.5) is 8.78 Å². The van der Waals surface area contributed by atoms with Gasteiger partial charge in [0.2, 0.25) is 0 Å². The van der Waals surface area contributed by atoms with E-state index in [0.29, 0.717) is 23.2 Å². The van der Waals surface area contributed by atoms with Gasteiger partial charge in [0, 0.05) is 23.8 Å². The predicted molar refractivity (Wildman–Crippen MR) is 76.2 cm³/mol. The van der Waals surface area contributed by atoms with Crippen molar-refractivity contribution >= 4 is 5.70 Å². The van der Waals surface area contributed by atoms with Gasteiger partial charge in [-0.05, 0) is 50.4 Å². The second-order valence-corrected chi connectivity index (χ2v) is 5.93. The van der Waals surface area contributed by atoms with Crippen molar-refractivity contribution in [3.05, 3.63) is 41.5 Å². The van der Waals surface area contributed by atoms with Crippen LogP contribution in [0.2, 0.25) is 0 Å². The number of nitrogens with one attached hydrogen (secondary N) is 1. The quantitative estimate of drug-likeness (QED) is 0.914. The zero-order chi connectivity index (χ0) is 14.3. The lowest BCUT2D eigenvalue weighted by Crippen LogP contribution is -2.55. The fourth-order valence-corrected chi connectivity index (χ4v) is 3.31. The largest absolute Gasteiger partial charge is 0.381 e. The number of aryl methyl sites for hydroxylation is 1. The van der Waals surface area contributed by atoms with Gasteiger partial charge >= 0.3 is 0 Å². The lowest BCUT2D eigenvalue weighted by Gasteiger charge is -2.45. The summed E-state index contributed by atoms with van der Waals surface area (Å²) in [6, 6.07) is 3.50. The number of hydrogen-bond acceptors (Lipinski definition) is 2. The van der Waals surface area contributed by atoms with Crippen molar-refractivity contribution in [1.82, 2.24) is 10.2 Å². The van der Waals surface area contributed by atoms with Crippen LogP contribution in [0.5, 0.6) is 0 Å². The molecule has 20 heavy (non-hydrogen) atoms. The Morgan fingerprint density at radius 3 is 2.55 bits per heavy atom. The molecule has 1 atom stereocenters. The van der Waals surface area contributed by atoms with Crippen LogP contribution in [0.25, 0.3) is 5.70 Å². The Bertz CT molecular complexity index is 534. The molecule has 0 aliphatic carbocycles. The predicted octanol–water partition coefficient (Wildman–Crippen LogP) is 2.93. The molecule has 0 aromatic heterocycles. The third-order valence-electron chi connectivity index (χ3n) is 4.62. The van der Waals surface area contributed by atoms with Crippen molar-refractivity contribution in [3.63, 3.8) is 0 Å². The van der Waals surface area contributed by atoms with Crippen LogP contribution in [0.3, 0.4) is 0 Å². The van der Waals surface area contributed by atoms with E-state index in [1.165, 1.54) is 12.8 Å². The highest BCUT2D eigenvalue weighted by Crippen LogP contribution is 2.29. The van der Waals surface area contributed by atoms with Crippen LogP contribution in [0, 0.1) is 24.5 Å². The maximum absolute atomic E-state index is 14.0. The van der Waals surface area contributed by atoms with Gasteiger partial charge < -0.3 is 10.2 Å². The van der Waals surface area contributed by atoms with E-state index in [0.717, 1.165) is 19.6 Å². The SMILES string of the molecule is C=C(NC1CN2CCC1CC2)c1ccc(C)c(F)c1F. The summed E-state index contributed by atoms with van der Waals surface area (Å²) in [6.45, 7) is 8.74. The number of benzene rings is 1. The van der Waals surface area contributed by atoms with Crippen molar-refractivity contribution in [2.24, 2.45) is 5.92 Å². The standard InChI is InChI=1S/C16H20F2N2/c1-10-3-4-13(16(18)15(10)17)11(2)19-14-9-20-7-5-12(14)6-8-20/h3-4,12,14,19H,2,5-9H2,1H3. The Labute approximate surface area is 118 Å². The number of fused-ring (bicyclic) bond motifs is 3. The average Bonchev–Trinajstić information content (AvgIpc) is 2.46. The van der Waals surface area contributed by atoms with Crippen molar-refractivity contribution < 1.29 is 8.78 Å². The molecule has 0 amide bonds. The minimum atomic E-state index is -0.802. The molecule has 2 bridgehead atoms. The van der Waals surface area contributed by atoms with Crippen molar-refractivity contribution in [1.29, 1.82) is 0 Å². The second kappa shape index (κ2) is 5.17. The molecule has 0 saturated carbocycles. The molecule has 0 spiro atoms. The van der Waals surface area contributed by atoms with Crippen molar-refractivity contribution in [2.75, 3.05) is 19.6 Å². The molecular formula is C16H20F2N2. The number of nitrogens with zero attached hydrogens (tertiary/aromatic N) is 1. The fourth-order valence-electron chi connectivity index (χ4n) is 3.31. The second-order valence-electron chi connectivity index (χ2n) is 5.93. The average molecular weight is 278 g/mol. The topological polar surface area (TPSA) is 15.3 Å². The van der Waals surface area contributed by atoms with Gasteiger partial charge in [-0.15, -0.1) is 0 Å². The van der Waals surface area contributed by atoms with Crippen LogP contribution >= 0.6 is 0 Å². The third-order valence-corrected chi connectivity index (χ3v) is 4.62. The summed E-state index contributed by atoms with van der Waals surface area (Å²) in [6.07, 6.45) is 2.35. The molecule has 3 saturated heterocycles. The van der Waals surface area contributed by atoms with Gasteiger partial charge in [0.05, 0.1) is 0 Å². The normalized spacial score (nSPS) is 28.4. The summed E-state index contributed by atoms with van der Waals surface area (Å²) in [5.74, 6) is -0.960. The molecule has 3 aliphatic heterocycles. The third kappa shape index (κ3) is 2.33. The Morgan fingerprint density at radius 2 is 1.95 bits per heavy atom. The van der Waals surface area contributed by atoms with Gasteiger partial charge in [0.25, 0.3) is 0 Å². The fraction of sp³-hybridized carbons (Fsp3) is 0.500. The Hall–Kier alpha value is -1.42.